The number of carbonyl (C=O) groups is 1. The van der Waals surface area contributed by atoms with Gasteiger partial charge in [0.1, 0.15) is 0 Å². The minimum atomic E-state index is -2.63. The van der Waals surface area contributed by atoms with Gasteiger partial charge in [0.25, 0.3) is 0 Å². The summed E-state index contributed by atoms with van der Waals surface area (Å²) in [4.78, 5) is 12.4. The van der Waals surface area contributed by atoms with Crippen molar-refractivity contribution < 1.29 is 18.3 Å². The number of ether oxygens (including phenoxy) is 1. The normalized spacial score (nSPS) is 18.9. The lowest BCUT2D eigenvalue weighted by Crippen LogP contribution is -2.32. The number of carbonyl (C=O) groups excluding carboxylic acids is 1. The zero-order chi connectivity index (χ0) is 17.7. The number of methoxy groups -OCH3 is 1. The van der Waals surface area contributed by atoms with Crippen LogP contribution < -0.4 is 10.6 Å². The van der Waals surface area contributed by atoms with E-state index >= 15 is 0 Å². The molecule has 24 heavy (non-hydrogen) atoms. The van der Waals surface area contributed by atoms with Crippen LogP contribution in [0.15, 0.2) is 22.7 Å². The van der Waals surface area contributed by atoms with Gasteiger partial charge < -0.3 is 15.4 Å². The summed E-state index contributed by atoms with van der Waals surface area (Å²) in [6.07, 6.45) is 0.0228. The van der Waals surface area contributed by atoms with Gasteiger partial charge in [-0.05, 0) is 38.0 Å². The minimum Gasteiger partial charge on any atom is -0.381 e. The predicted octanol–water partition coefficient (Wildman–Crippen LogP) is 4.66. The summed E-state index contributed by atoms with van der Waals surface area (Å²) in [5, 5.41) is 6.11. The third kappa shape index (κ3) is 5.41. The molecule has 1 aliphatic carbocycles. The van der Waals surface area contributed by atoms with Crippen molar-refractivity contribution >= 4 is 33.2 Å². The highest BCUT2D eigenvalue weighted by atomic mass is 79.9. The molecule has 0 bridgehead atoms. The van der Waals surface area contributed by atoms with E-state index in [4.69, 9.17) is 4.74 Å². The summed E-state index contributed by atoms with van der Waals surface area (Å²) in [6.45, 7) is 2.52. The Bertz CT molecular complexity index is 574. The third-order valence-electron chi connectivity index (χ3n) is 4.31. The van der Waals surface area contributed by atoms with E-state index in [1.807, 2.05) is 19.1 Å². The highest BCUT2D eigenvalue weighted by Crippen LogP contribution is 2.37. The first kappa shape index (κ1) is 19.1. The highest BCUT2D eigenvalue weighted by Gasteiger charge is 2.37. The Morgan fingerprint density at radius 1 is 1.38 bits per heavy atom. The van der Waals surface area contributed by atoms with Crippen LogP contribution in [0.4, 0.5) is 20.2 Å². The summed E-state index contributed by atoms with van der Waals surface area (Å²) in [6, 6.07) is 5.49. The van der Waals surface area contributed by atoms with Gasteiger partial charge in [0.15, 0.2) is 0 Å². The largest absolute Gasteiger partial charge is 0.381 e. The van der Waals surface area contributed by atoms with Gasteiger partial charge in [-0.15, -0.1) is 0 Å². The van der Waals surface area contributed by atoms with Crippen molar-refractivity contribution in [3.63, 3.8) is 0 Å². The first-order valence-corrected chi connectivity index (χ1v) is 8.85. The van der Waals surface area contributed by atoms with Gasteiger partial charge in [0.2, 0.25) is 11.8 Å². The molecule has 1 saturated carbocycles. The van der Waals surface area contributed by atoms with Gasteiger partial charge in [-0.1, -0.05) is 15.9 Å². The van der Waals surface area contributed by atoms with Gasteiger partial charge in [-0.25, -0.2) is 8.78 Å². The fraction of sp³-hybridized carbons (Fsp3) is 0.588. The number of rotatable bonds is 6. The number of hydrogen-bond acceptors (Lipinski definition) is 3. The molecular weight excluding hydrogens is 382 g/mol. The molecule has 2 rings (SSSR count). The van der Waals surface area contributed by atoms with Gasteiger partial charge in [0.05, 0.1) is 17.5 Å². The molecule has 0 spiro atoms. The van der Waals surface area contributed by atoms with E-state index in [0.29, 0.717) is 12.2 Å². The molecular formula is C17H23BrF2N2O2. The van der Waals surface area contributed by atoms with Crippen LogP contribution in [0, 0.1) is 5.92 Å². The van der Waals surface area contributed by atoms with Gasteiger partial charge in [-0.3, -0.25) is 4.79 Å². The van der Waals surface area contributed by atoms with E-state index in [0.717, 1.165) is 10.2 Å². The molecule has 0 radical (unpaired) electrons. The van der Waals surface area contributed by atoms with Crippen molar-refractivity contribution in [3.8, 4) is 0 Å². The molecule has 0 aliphatic heterocycles. The molecule has 1 aliphatic rings. The van der Waals surface area contributed by atoms with Crippen LogP contribution in [-0.2, 0) is 9.53 Å². The molecule has 0 unspecified atom stereocenters. The average Bonchev–Trinajstić information content (AvgIpc) is 2.54. The second-order valence-corrected chi connectivity index (χ2v) is 7.15. The van der Waals surface area contributed by atoms with Crippen LogP contribution in [0.2, 0.25) is 0 Å². The van der Waals surface area contributed by atoms with Crippen molar-refractivity contribution in [2.75, 3.05) is 24.3 Å². The maximum Gasteiger partial charge on any atom is 0.248 e. The number of amides is 1. The molecule has 134 valence electrons. The van der Waals surface area contributed by atoms with Crippen LogP contribution in [-0.4, -0.2) is 31.6 Å². The second-order valence-electron chi connectivity index (χ2n) is 6.24. The maximum atomic E-state index is 13.2. The Kier molecular flexibility index (Phi) is 6.57. The average molecular weight is 405 g/mol. The number of anilines is 2. The fourth-order valence-electron chi connectivity index (χ4n) is 2.65. The van der Waals surface area contributed by atoms with Crippen molar-refractivity contribution in [1.29, 1.82) is 0 Å². The van der Waals surface area contributed by atoms with E-state index in [2.05, 4.69) is 26.6 Å². The topological polar surface area (TPSA) is 50.4 Å². The molecule has 1 aromatic rings. The molecule has 1 amide bonds. The van der Waals surface area contributed by atoms with Gasteiger partial charge in [0, 0.05) is 36.9 Å². The van der Waals surface area contributed by atoms with Gasteiger partial charge in [-0.2, -0.15) is 0 Å². The van der Waals surface area contributed by atoms with Crippen molar-refractivity contribution in [2.24, 2.45) is 5.92 Å². The van der Waals surface area contributed by atoms with E-state index in [-0.39, 0.29) is 43.6 Å². The Morgan fingerprint density at radius 2 is 2.04 bits per heavy atom. The summed E-state index contributed by atoms with van der Waals surface area (Å²) in [5.41, 5.74) is 1.41. The Hall–Kier alpha value is -1.21. The van der Waals surface area contributed by atoms with Gasteiger partial charge >= 0.3 is 0 Å². The summed E-state index contributed by atoms with van der Waals surface area (Å²) < 4.78 is 32.5. The summed E-state index contributed by atoms with van der Waals surface area (Å²) in [7, 11) is 1.63. The number of nitrogens with one attached hydrogen (secondary N) is 2. The van der Waals surface area contributed by atoms with Crippen LogP contribution in [0.25, 0.3) is 0 Å². The third-order valence-corrected chi connectivity index (χ3v) is 4.80. The molecule has 4 nitrogen and oxygen atoms in total. The maximum absolute atomic E-state index is 13.2. The lowest BCUT2D eigenvalue weighted by molar-refractivity contribution is -0.124. The van der Waals surface area contributed by atoms with Crippen LogP contribution in [0.5, 0.6) is 0 Å². The van der Waals surface area contributed by atoms with E-state index < -0.39 is 5.92 Å². The lowest BCUT2D eigenvalue weighted by Gasteiger charge is -2.27. The van der Waals surface area contributed by atoms with E-state index in [9.17, 15) is 13.6 Å². The molecule has 1 fully saturated rings. The Morgan fingerprint density at radius 3 is 2.67 bits per heavy atom. The second kappa shape index (κ2) is 8.25. The first-order chi connectivity index (χ1) is 11.3. The molecule has 0 aromatic heterocycles. The first-order valence-electron chi connectivity index (χ1n) is 8.05. The molecule has 1 atom stereocenters. The Labute approximate surface area is 149 Å². The zero-order valence-corrected chi connectivity index (χ0v) is 15.5. The smallest absolute Gasteiger partial charge is 0.248 e. The fourth-order valence-corrected chi connectivity index (χ4v) is 3.01. The molecule has 7 heteroatoms. The molecule has 1 aromatic carbocycles. The predicted molar refractivity (Wildman–Crippen MR) is 94.6 cm³/mol. The monoisotopic (exact) mass is 404 g/mol. The Balaban J connectivity index is 2.02. The van der Waals surface area contributed by atoms with Crippen LogP contribution >= 0.6 is 15.9 Å². The quantitative estimate of drug-likeness (QED) is 0.724. The summed E-state index contributed by atoms with van der Waals surface area (Å²) in [5.74, 6) is -3.19. The number of benzene rings is 1. The van der Waals surface area contributed by atoms with Crippen molar-refractivity contribution in [3.05, 3.63) is 22.7 Å². The standard InChI is InChI=1S/C17H23BrF2N2O2/c1-11(24-2)10-21-15-9-13(18)3-4-14(15)22-16(23)12-5-7-17(19,20)8-6-12/h3-4,9,11-12,21H,5-8,10H2,1-2H3,(H,22,23)/t11-/m1/s1. The SMILES string of the molecule is CO[C@H](C)CNc1cc(Br)ccc1NC(=O)C1CCC(F)(F)CC1. The number of alkyl halides is 2. The van der Waals surface area contributed by atoms with E-state index in [1.165, 1.54) is 0 Å². The van der Waals surface area contributed by atoms with Crippen molar-refractivity contribution in [1.82, 2.24) is 0 Å². The molecule has 0 saturated heterocycles. The molecule has 0 heterocycles. The number of hydrogen-bond donors (Lipinski definition) is 2. The summed E-state index contributed by atoms with van der Waals surface area (Å²) >= 11 is 3.41. The van der Waals surface area contributed by atoms with Crippen LogP contribution in [0.3, 0.4) is 0 Å². The van der Waals surface area contributed by atoms with Crippen LogP contribution in [0.1, 0.15) is 32.6 Å². The van der Waals surface area contributed by atoms with Crippen molar-refractivity contribution in [2.45, 2.75) is 44.6 Å². The zero-order valence-electron chi connectivity index (χ0n) is 13.9. The molecule has 2 N–H and O–H groups in total. The van der Waals surface area contributed by atoms with E-state index in [1.54, 1.807) is 13.2 Å². The highest BCUT2D eigenvalue weighted by molar-refractivity contribution is 9.10. The number of halogens is 3. The minimum absolute atomic E-state index is 0.0214. The lowest BCUT2D eigenvalue weighted by atomic mass is 9.86.